The number of hydrogen-bond acceptors (Lipinski definition) is 4. The van der Waals surface area contributed by atoms with E-state index in [-0.39, 0.29) is 17.4 Å². The molecule has 2 aliphatic heterocycles. The van der Waals surface area contributed by atoms with Crippen LogP contribution < -0.4 is 0 Å². The molecule has 3 rings (SSSR count). The number of methoxy groups -OCH3 is 1. The second kappa shape index (κ2) is 6.64. The highest BCUT2D eigenvalue weighted by Gasteiger charge is 2.67. The van der Waals surface area contributed by atoms with Crippen LogP contribution in [-0.4, -0.2) is 37.5 Å². The van der Waals surface area contributed by atoms with E-state index < -0.39 is 11.4 Å². The van der Waals surface area contributed by atoms with Gasteiger partial charge in [0.25, 0.3) is 0 Å². The minimum Gasteiger partial charge on any atom is -0.370 e. The Labute approximate surface area is 151 Å². The third-order valence-corrected chi connectivity index (χ3v) is 6.57. The van der Waals surface area contributed by atoms with E-state index in [0.717, 1.165) is 25.5 Å². The summed E-state index contributed by atoms with van der Waals surface area (Å²) < 4.78 is 18.4. The summed E-state index contributed by atoms with van der Waals surface area (Å²) in [6.45, 7) is 9.17. The van der Waals surface area contributed by atoms with E-state index >= 15 is 0 Å². The van der Waals surface area contributed by atoms with E-state index in [4.69, 9.17) is 14.2 Å². The van der Waals surface area contributed by atoms with Gasteiger partial charge in [-0.3, -0.25) is 0 Å². The standard InChI is InChI=1S/C21H32O4/c1-15(2)7-6-10-19(3)11-8-16-14-24-18-13-20(4,23-5)25-21(16,18)17(19)9-12-22/h7-8,12,17-18H,6,9-11,13-14H2,1-5H3/t17-,18-,19+,20+,21+/m1/s1. The lowest BCUT2D eigenvalue weighted by Gasteiger charge is -2.50. The highest BCUT2D eigenvalue weighted by Crippen LogP contribution is 2.61. The first-order chi connectivity index (χ1) is 11.8. The normalized spacial score (nSPS) is 42.5. The molecule has 0 amide bonds. The fourth-order valence-electron chi connectivity index (χ4n) is 5.11. The molecule has 5 atom stereocenters. The monoisotopic (exact) mass is 348 g/mol. The average Bonchev–Trinajstić information content (AvgIpc) is 3.02. The Morgan fingerprint density at radius 3 is 2.80 bits per heavy atom. The molecule has 0 aromatic carbocycles. The lowest BCUT2D eigenvalue weighted by atomic mass is 9.57. The molecular weight excluding hydrogens is 316 g/mol. The summed E-state index contributed by atoms with van der Waals surface area (Å²) >= 11 is 0. The number of aldehydes is 1. The second-order valence-electron chi connectivity index (χ2n) is 8.60. The van der Waals surface area contributed by atoms with E-state index in [1.807, 2.05) is 6.92 Å². The van der Waals surface area contributed by atoms with E-state index in [0.29, 0.717) is 19.4 Å². The summed E-state index contributed by atoms with van der Waals surface area (Å²) in [5, 5.41) is 0. The smallest absolute Gasteiger partial charge is 0.169 e. The molecule has 2 heterocycles. The highest BCUT2D eigenvalue weighted by atomic mass is 16.7. The molecule has 25 heavy (non-hydrogen) atoms. The molecule has 2 fully saturated rings. The maximum atomic E-state index is 11.6. The second-order valence-corrected chi connectivity index (χ2v) is 8.60. The third kappa shape index (κ3) is 3.02. The molecule has 4 heteroatoms. The van der Waals surface area contributed by atoms with Gasteiger partial charge in [-0.25, -0.2) is 0 Å². The molecule has 1 spiro atoms. The fraction of sp³-hybridized carbons (Fsp3) is 0.762. The largest absolute Gasteiger partial charge is 0.370 e. The molecule has 0 aromatic rings. The Kier molecular flexibility index (Phi) is 5.00. The fourth-order valence-corrected chi connectivity index (χ4v) is 5.11. The Bertz CT molecular complexity index is 591. The van der Waals surface area contributed by atoms with E-state index in [9.17, 15) is 4.79 Å². The van der Waals surface area contributed by atoms with Gasteiger partial charge in [0.1, 0.15) is 11.9 Å². The first-order valence-electron chi connectivity index (χ1n) is 9.43. The molecular formula is C21H32O4. The summed E-state index contributed by atoms with van der Waals surface area (Å²) in [5.74, 6) is -0.531. The summed E-state index contributed by atoms with van der Waals surface area (Å²) in [5.41, 5.74) is 2.06. The maximum absolute atomic E-state index is 11.6. The predicted molar refractivity (Wildman–Crippen MR) is 97.2 cm³/mol. The van der Waals surface area contributed by atoms with Gasteiger partial charge in [-0.15, -0.1) is 0 Å². The zero-order chi connectivity index (χ0) is 18.3. The summed E-state index contributed by atoms with van der Waals surface area (Å²) in [6, 6.07) is 0. The summed E-state index contributed by atoms with van der Waals surface area (Å²) in [7, 11) is 1.69. The van der Waals surface area contributed by atoms with Gasteiger partial charge in [0, 0.05) is 25.9 Å². The van der Waals surface area contributed by atoms with Crippen molar-refractivity contribution in [3.8, 4) is 0 Å². The number of rotatable bonds is 6. The lowest BCUT2D eigenvalue weighted by molar-refractivity contribution is -0.241. The van der Waals surface area contributed by atoms with Crippen LogP contribution in [0.3, 0.4) is 0 Å². The number of carbonyl (C=O) groups excluding carboxylic acids is 1. The minimum atomic E-state index is -0.649. The van der Waals surface area contributed by atoms with E-state index in [1.165, 1.54) is 11.1 Å². The van der Waals surface area contributed by atoms with Crippen LogP contribution in [0.4, 0.5) is 0 Å². The lowest BCUT2D eigenvalue weighted by Crippen LogP contribution is -2.54. The van der Waals surface area contributed by atoms with Gasteiger partial charge in [-0.05, 0) is 51.0 Å². The van der Waals surface area contributed by atoms with Crippen molar-refractivity contribution in [3.05, 3.63) is 23.3 Å². The SMILES string of the molecule is CO[C@]1(C)C[C@H]2OCC3=CC[C@](C)(CCC=C(C)C)[C@@H](CC=O)[C@@]32O1. The van der Waals surface area contributed by atoms with E-state index in [1.54, 1.807) is 7.11 Å². The van der Waals surface area contributed by atoms with Crippen LogP contribution in [0.15, 0.2) is 23.3 Å². The zero-order valence-electron chi connectivity index (χ0n) is 16.3. The Balaban J connectivity index is 1.97. The Morgan fingerprint density at radius 1 is 1.40 bits per heavy atom. The van der Waals surface area contributed by atoms with Gasteiger partial charge in [-0.1, -0.05) is 24.6 Å². The summed E-state index contributed by atoms with van der Waals surface area (Å²) in [4.78, 5) is 11.6. The maximum Gasteiger partial charge on any atom is 0.169 e. The van der Waals surface area contributed by atoms with Crippen molar-refractivity contribution in [2.75, 3.05) is 13.7 Å². The molecule has 1 aliphatic carbocycles. The number of hydrogen-bond donors (Lipinski definition) is 0. The van der Waals surface area contributed by atoms with E-state index in [2.05, 4.69) is 32.9 Å². The van der Waals surface area contributed by atoms with Gasteiger partial charge in [-0.2, -0.15) is 0 Å². The van der Waals surface area contributed by atoms with Crippen LogP contribution in [0.1, 0.15) is 59.8 Å². The molecule has 0 N–H and O–H groups in total. The van der Waals surface area contributed by atoms with Gasteiger partial charge in [0.05, 0.1) is 12.7 Å². The molecule has 140 valence electrons. The van der Waals surface area contributed by atoms with Crippen molar-refractivity contribution < 1.29 is 19.0 Å². The van der Waals surface area contributed by atoms with Crippen molar-refractivity contribution in [3.63, 3.8) is 0 Å². The highest BCUT2D eigenvalue weighted by molar-refractivity contribution is 5.52. The summed E-state index contributed by atoms with van der Waals surface area (Å²) in [6.07, 6.45) is 9.88. The average molecular weight is 348 g/mol. The Hall–Kier alpha value is -0.970. The van der Waals surface area contributed by atoms with Crippen LogP contribution in [0, 0.1) is 11.3 Å². The molecule has 4 nitrogen and oxygen atoms in total. The van der Waals surface area contributed by atoms with Crippen molar-refractivity contribution in [2.24, 2.45) is 11.3 Å². The first kappa shape index (κ1) is 18.8. The van der Waals surface area contributed by atoms with Crippen molar-refractivity contribution in [1.29, 1.82) is 0 Å². The first-order valence-corrected chi connectivity index (χ1v) is 9.43. The van der Waals surface area contributed by atoms with Crippen molar-refractivity contribution in [1.82, 2.24) is 0 Å². The molecule has 0 radical (unpaired) electrons. The van der Waals surface area contributed by atoms with Crippen LogP contribution in [0.25, 0.3) is 0 Å². The number of carbonyl (C=O) groups is 1. The van der Waals surface area contributed by atoms with Crippen LogP contribution in [0.5, 0.6) is 0 Å². The number of ether oxygens (including phenoxy) is 3. The van der Waals surface area contributed by atoms with Crippen LogP contribution in [-0.2, 0) is 19.0 Å². The van der Waals surface area contributed by atoms with Crippen LogP contribution >= 0.6 is 0 Å². The molecule has 3 aliphatic rings. The molecule has 0 unspecified atom stereocenters. The van der Waals surface area contributed by atoms with Gasteiger partial charge < -0.3 is 19.0 Å². The molecule has 0 saturated carbocycles. The van der Waals surface area contributed by atoms with Crippen molar-refractivity contribution >= 4 is 6.29 Å². The molecule has 0 bridgehead atoms. The number of allylic oxidation sites excluding steroid dienone is 3. The quantitative estimate of drug-likeness (QED) is 0.533. The molecule has 0 aromatic heterocycles. The van der Waals surface area contributed by atoms with Gasteiger partial charge >= 0.3 is 0 Å². The van der Waals surface area contributed by atoms with Gasteiger partial charge in [0.15, 0.2) is 5.79 Å². The van der Waals surface area contributed by atoms with Crippen molar-refractivity contribution in [2.45, 2.75) is 77.3 Å². The van der Waals surface area contributed by atoms with Crippen LogP contribution in [0.2, 0.25) is 0 Å². The topological polar surface area (TPSA) is 44.8 Å². The predicted octanol–water partition coefficient (Wildman–Crippen LogP) is 4.19. The Morgan fingerprint density at radius 2 is 2.16 bits per heavy atom. The molecule has 2 saturated heterocycles. The van der Waals surface area contributed by atoms with Gasteiger partial charge in [0.2, 0.25) is 0 Å². The third-order valence-electron chi connectivity index (χ3n) is 6.57. The minimum absolute atomic E-state index is 0.0152. The zero-order valence-corrected chi connectivity index (χ0v) is 16.3.